The first kappa shape index (κ1) is 14.8. The van der Waals surface area contributed by atoms with Gasteiger partial charge in [-0.2, -0.15) is 8.42 Å². The van der Waals surface area contributed by atoms with Crippen LogP contribution in [-0.2, 0) is 14.3 Å². The maximum absolute atomic E-state index is 11.9. The summed E-state index contributed by atoms with van der Waals surface area (Å²) in [7, 11) is -3.70. The summed E-state index contributed by atoms with van der Waals surface area (Å²) in [6.45, 7) is 1.80. The molecule has 1 aromatic carbocycles. The van der Waals surface area contributed by atoms with Gasteiger partial charge in [0.05, 0.1) is 4.90 Å². The first-order chi connectivity index (χ1) is 9.58. The lowest BCUT2D eigenvalue weighted by Gasteiger charge is -2.06. The standard InChI is InChI=1S/C16H18O3S/c1-14-9-11-16(12-10-14)20(17,18)19-13-5-8-15-6-3-2-4-7-15/h6,9-12H,2-4,7,13H2,1H3. The predicted molar refractivity (Wildman–Crippen MR) is 78.6 cm³/mol. The van der Waals surface area contributed by atoms with Crippen molar-refractivity contribution in [2.24, 2.45) is 0 Å². The Hall–Kier alpha value is -1.57. The Morgan fingerprint density at radius 2 is 1.95 bits per heavy atom. The minimum absolute atomic E-state index is 0.104. The molecule has 0 N–H and O–H groups in total. The van der Waals surface area contributed by atoms with E-state index in [0.29, 0.717) is 0 Å². The number of rotatable bonds is 3. The molecule has 0 radical (unpaired) electrons. The minimum Gasteiger partial charge on any atom is -0.253 e. The van der Waals surface area contributed by atoms with Crippen LogP contribution in [0, 0.1) is 18.8 Å². The quantitative estimate of drug-likeness (QED) is 0.634. The second kappa shape index (κ2) is 6.74. The zero-order chi connectivity index (χ0) is 14.4. The average Bonchev–Trinajstić information content (AvgIpc) is 2.45. The molecule has 0 bridgehead atoms. The van der Waals surface area contributed by atoms with E-state index < -0.39 is 10.1 Å². The van der Waals surface area contributed by atoms with Crippen LogP contribution in [0.2, 0.25) is 0 Å². The van der Waals surface area contributed by atoms with Gasteiger partial charge in [0.25, 0.3) is 10.1 Å². The molecule has 0 saturated carbocycles. The van der Waals surface area contributed by atoms with Gasteiger partial charge in [0.2, 0.25) is 0 Å². The van der Waals surface area contributed by atoms with Crippen LogP contribution < -0.4 is 0 Å². The smallest absolute Gasteiger partial charge is 0.253 e. The molecule has 0 spiro atoms. The molecule has 0 unspecified atom stereocenters. The van der Waals surface area contributed by atoms with Crippen LogP contribution >= 0.6 is 0 Å². The highest BCUT2D eigenvalue weighted by Crippen LogP contribution is 2.16. The molecule has 0 amide bonds. The first-order valence-corrected chi connectivity index (χ1v) is 8.13. The second-order valence-corrected chi connectivity index (χ2v) is 6.42. The van der Waals surface area contributed by atoms with E-state index in [1.165, 1.54) is 6.42 Å². The molecule has 0 saturated heterocycles. The molecule has 1 aliphatic rings. The lowest BCUT2D eigenvalue weighted by molar-refractivity contribution is 0.363. The highest BCUT2D eigenvalue weighted by atomic mass is 32.2. The van der Waals surface area contributed by atoms with Crippen molar-refractivity contribution in [3.63, 3.8) is 0 Å². The molecule has 1 aliphatic carbocycles. The molecule has 3 nitrogen and oxygen atoms in total. The van der Waals surface area contributed by atoms with Crippen molar-refractivity contribution in [1.82, 2.24) is 0 Å². The molecule has 0 atom stereocenters. The highest BCUT2D eigenvalue weighted by molar-refractivity contribution is 7.86. The van der Waals surface area contributed by atoms with Gasteiger partial charge in [0.1, 0.15) is 6.61 Å². The third-order valence-electron chi connectivity index (χ3n) is 3.14. The Labute approximate surface area is 120 Å². The van der Waals surface area contributed by atoms with Gasteiger partial charge >= 0.3 is 0 Å². The van der Waals surface area contributed by atoms with Gasteiger partial charge in [0, 0.05) is 0 Å². The normalized spacial score (nSPS) is 15.2. The Bertz CT molecular complexity index is 643. The molecule has 0 aliphatic heterocycles. The van der Waals surface area contributed by atoms with Crippen LogP contribution in [0.15, 0.2) is 40.8 Å². The van der Waals surface area contributed by atoms with E-state index in [9.17, 15) is 8.42 Å². The van der Waals surface area contributed by atoms with E-state index >= 15 is 0 Å². The summed E-state index contributed by atoms with van der Waals surface area (Å²) in [5, 5.41) is 0. The summed E-state index contributed by atoms with van der Waals surface area (Å²) in [4.78, 5) is 0.168. The van der Waals surface area contributed by atoms with Crippen molar-refractivity contribution in [3.05, 3.63) is 41.5 Å². The van der Waals surface area contributed by atoms with Crippen LogP contribution in [0.5, 0.6) is 0 Å². The van der Waals surface area contributed by atoms with Gasteiger partial charge in [-0.25, -0.2) is 0 Å². The molecule has 0 fully saturated rings. The summed E-state index contributed by atoms with van der Waals surface area (Å²) >= 11 is 0. The van der Waals surface area contributed by atoms with Crippen LogP contribution in [0.1, 0.15) is 31.2 Å². The third kappa shape index (κ3) is 4.22. The molecule has 2 rings (SSSR count). The summed E-state index contributed by atoms with van der Waals surface area (Å²) in [5.41, 5.74) is 2.10. The van der Waals surface area contributed by atoms with Crippen molar-refractivity contribution in [3.8, 4) is 11.8 Å². The van der Waals surface area contributed by atoms with Gasteiger partial charge in [-0.15, -0.1) is 0 Å². The topological polar surface area (TPSA) is 43.4 Å². The van der Waals surface area contributed by atoms with Crippen molar-refractivity contribution in [1.29, 1.82) is 0 Å². The van der Waals surface area contributed by atoms with Crippen LogP contribution in [0.4, 0.5) is 0 Å². The summed E-state index contributed by atoms with van der Waals surface area (Å²) in [6, 6.07) is 6.58. The maximum Gasteiger partial charge on any atom is 0.297 e. The fourth-order valence-corrected chi connectivity index (χ4v) is 2.80. The molecule has 0 aromatic heterocycles. The largest absolute Gasteiger partial charge is 0.297 e. The number of hydrogen-bond donors (Lipinski definition) is 0. The molecular weight excluding hydrogens is 272 g/mol. The van der Waals surface area contributed by atoms with Crippen molar-refractivity contribution in [2.45, 2.75) is 37.5 Å². The first-order valence-electron chi connectivity index (χ1n) is 6.72. The summed E-state index contributed by atoms with van der Waals surface area (Å²) < 4.78 is 28.7. The molecule has 4 heteroatoms. The van der Waals surface area contributed by atoms with Gasteiger partial charge < -0.3 is 0 Å². The van der Waals surface area contributed by atoms with Crippen molar-refractivity contribution >= 4 is 10.1 Å². The molecular formula is C16H18O3S. The zero-order valence-electron chi connectivity index (χ0n) is 11.6. The fourth-order valence-electron chi connectivity index (χ4n) is 1.98. The second-order valence-electron chi connectivity index (χ2n) is 4.81. The SMILES string of the molecule is Cc1ccc(S(=O)(=O)OCC#CC2=CCCCC2)cc1. The predicted octanol–water partition coefficient (Wildman–Crippen LogP) is 3.20. The summed E-state index contributed by atoms with van der Waals surface area (Å²) in [5.74, 6) is 5.75. The Kier molecular flexibility index (Phi) is 4.99. The Morgan fingerprint density at radius 1 is 1.20 bits per heavy atom. The minimum atomic E-state index is -3.70. The third-order valence-corrected chi connectivity index (χ3v) is 4.41. The van der Waals surface area contributed by atoms with E-state index in [0.717, 1.165) is 30.4 Å². The van der Waals surface area contributed by atoms with Crippen molar-refractivity contribution in [2.75, 3.05) is 6.61 Å². The maximum atomic E-state index is 11.9. The summed E-state index contributed by atoms with van der Waals surface area (Å²) in [6.07, 6.45) is 6.53. The van der Waals surface area contributed by atoms with Crippen molar-refractivity contribution < 1.29 is 12.6 Å². The molecule has 20 heavy (non-hydrogen) atoms. The monoisotopic (exact) mass is 290 g/mol. The molecule has 0 heterocycles. The van der Waals surface area contributed by atoms with E-state index in [2.05, 4.69) is 17.9 Å². The van der Waals surface area contributed by atoms with Crippen LogP contribution in [-0.4, -0.2) is 15.0 Å². The molecule has 1 aromatic rings. The van der Waals surface area contributed by atoms with Gasteiger partial charge in [-0.05, 0) is 50.3 Å². The number of hydrogen-bond acceptors (Lipinski definition) is 3. The van der Waals surface area contributed by atoms with Gasteiger partial charge in [-0.1, -0.05) is 35.6 Å². The lowest BCUT2D eigenvalue weighted by atomic mass is 10.0. The van der Waals surface area contributed by atoms with Crippen LogP contribution in [0.3, 0.4) is 0 Å². The number of aryl methyl sites for hydroxylation is 1. The van der Waals surface area contributed by atoms with E-state index in [-0.39, 0.29) is 11.5 Å². The van der Waals surface area contributed by atoms with Gasteiger partial charge in [-0.3, -0.25) is 4.18 Å². The van der Waals surface area contributed by atoms with E-state index in [1.54, 1.807) is 24.3 Å². The number of allylic oxidation sites excluding steroid dienone is 2. The lowest BCUT2D eigenvalue weighted by Crippen LogP contribution is -2.06. The zero-order valence-corrected chi connectivity index (χ0v) is 12.4. The van der Waals surface area contributed by atoms with Gasteiger partial charge in [0.15, 0.2) is 0 Å². The average molecular weight is 290 g/mol. The highest BCUT2D eigenvalue weighted by Gasteiger charge is 2.13. The van der Waals surface area contributed by atoms with E-state index in [1.807, 2.05) is 6.92 Å². The fraction of sp³-hybridized carbons (Fsp3) is 0.375. The van der Waals surface area contributed by atoms with Crippen LogP contribution in [0.25, 0.3) is 0 Å². The molecule has 106 valence electrons. The number of benzene rings is 1. The Morgan fingerprint density at radius 3 is 2.60 bits per heavy atom. The van der Waals surface area contributed by atoms with E-state index in [4.69, 9.17) is 4.18 Å². The Balaban J connectivity index is 1.94.